The van der Waals surface area contributed by atoms with Crippen LogP contribution in [0.3, 0.4) is 0 Å². The number of nitrogens with two attached hydrogens (primary N) is 1. The number of hydrogen-bond acceptors (Lipinski definition) is 3. The van der Waals surface area contributed by atoms with Crippen LogP contribution in [-0.2, 0) is 0 Å². The predicted molar refractivity (Wildman–Crippen MR) is 58.6 cm³/mol. The number of nitrogens with one attached hydrogen (secondary N) is 1. The molecule has 5 N–H and O–H groups in total. The van der Waals surface area contributed by atoms with Gasteiger partial charge in [0.2, 0.25) is 0 Å². The van der Waals surface area contributed by atoms with E-state index in [2.05, 4.69) is 4.98 Å². The highest BCUT2D eigenvalue weighted by molar-refractivity contribution is 5.87. The van der Waals surface area contributed by atoms with Crippen LogP contribution in [0.1, 0.15) is 18.5 Å². The number of H-pyrrole nitrogens is 1. The minimum atomic E-state index is -0.688. The first-order chi connectivity index (χ1) is 7.11. The molecule has 2 atom stereocenters. The predicted octanol–water partition coefficient (Wildman–Crippen LogP) is 1.25. The highest BCUT2D eigenvalue weighted by Crippen LogP contribution is 2.32. The molecule has 0 saturated carbocycles. The Labute approximate surface area is 87.3 Å². The van der Waals surface area contributed by atoms with Crippen LogP contribution in [0, 0.1) is 0 Å². The van der Waals surface area contributed by atoms with Crippen LogP contribution in [0.15, 0.2) is 24.4 Å². The van der Waals surface area contributed by atoms with Crippen molar-refractivity contribution < 1.29 is 10.2 Å². The number of benzene rings is 1. The second-order valence-electron chi connectivity index (χ2n) is 3.71. The molecule has 1 heterocycles. The van der Waals surface area contributed by atoms with Gasteiger partial charge in [0.25, 0.3) is 0 Å². The van der Waals surface area contributed by atoms with Gasteiger partial charge in [-0.3, -0.25) is 0 Å². The standard InChI is InChI=1S/C11H14N2O2/c1-6(14)10(12)8-2-3-9-7(11(8)15)4-5-13-9/h2-6,10,13-15H,12H2,1H3/t6-,10-/m1/s1. The van der Waals surface area contributed by atoms with Crippen molar-refractivity contribution in [2.75, 3.05) is 0 Å². The van der Waals surface area contributed by atoms with Gasteiger partial charge in [0.1, 0.15) is 5.75 Å². The van der Waals surface area contributed by atoms with E-state index in [9.17, 15) is 10.2 Å². The zero-order valence-electron chi connectivity index (χ0n) is 8.44. The number of hydrogen-bond donors (Lipinski definition) is 4. The van der Waals surface area contributed by atoms with Crippen LogP contribution < -0.4 is 5.73 Å². The summed E-state index contributed by atoms with van der Waals surface area (Å²) in [4.78, 5) is 2.99. The summed E-state index contributed by atoms with van der Waals surface area (Å²) in [6, 6.07) is 4.78. The molecule has 0 aliphatic rings. The van der Waals surface area contributed by atoms with Crippen molar-refractivity contribution in [1.82, 2.24) is 4.98 Å². The molecule has 0 unspecified atom stereocenters. The Balaban J connectivity index is 2.57. The number of aromatic amines is 1. The lowest BCUT2D eigenvalue weighted by Crippen LogP contribution is -2.23. The number of aliphatic hydroxyl groups excluding tert-OH is 1. The molecule has 0 radical (unpaired) electrons. The van der Waals surface area contributed by atoms with Crippen LogP contribution in [0.5, 0.6) is 5.75 Å². The van der Waals surface area contributed by atoms with Gasteiger partial charge in [-0.25, -0.2) is 0 Å². The Morgan fingerprint density at radius 2 is 2.07 bits per heavy atom. The molecule has 4 nitrogen and oxygen atoms in total. The lowest BCUT2D eigenvalue weighted by molar-refractivity contribution is 0.163. The fraction of sp³-hybridized carbons (Fsp3) is 0.273. The van der Waals surface area contributed by atoms with E-state index in [0.717, 1.165) is 10.9 Å². The molecule has 2 aromatic rings. The topological polar surface area (TPSA) is 82.3 Å². The summed E-state index contributed by atoms with van der Waals surface area (Å²) in [5.41, 5.74) is 7.20. The SMILES string of the molecule is C[C@@H](O)[C@@H](N)c1ccc2[nH]ccc2c1O. The maximum Gasteiger partial charge on any atom is 0.129 e. The van der Waals surface area contributed by atoms with E-state index < -0.39 is 12.1 Å². The number of rotatable bonds is 2. The van der Waals surface area contributed by atoms with E-state index in [4.69, 9.17) is 5.73 Å². The Hall–Kier alpha value is -1.52. The van der Waals surface area contributed by atoms with E-state index in [-0.39, 0.29) is 5.75 Å². The molecule has 0 fully saturated rings. The molecule has 0 aliphatic carbocycles. The lowest BCUT2D eigenvalue weighted by Gasteiger charge is -2.16. The van der Waals surface area contributed by atoms with Gasteiger partial charge in [-0.05, 0) is 19.1 Å². The number of phenolic OH excluding ortho intramolecular Hbond substituents is 1. The molecule has 80 valence electrons. The quantitative estimate of drug-likeness (QED) is 0.597. The zero-order chi connectivity index (χ0) is 11.0. The average molecular weight is 206 g/mol. The van der Waals surface area contributed by atoms with Gasteiger partial charge in [0.05, 0.1) is 12.1 Å². The summed E-state index contributed by atoms with van der Waals surface area (Å²) in [5.74, 6) is 0.141. The van der Waals surface area contributed by atoms with E-state index in [1.807, 2.05) is 6.07 Å². The monoisotopic (exact) mass is 206 g/mol. The summed E-state index contributed by atoms with van der Waals surface area (Å²) >= 11 is 0. The molecule has 0 aliphatic heterocycles. The molecule has 0 amide bonds. The maximum atomic E-state index is 9.95. The van der Waals surface area contributed by atoms with Crippen molar-refractivity contribution in [3.05, 3.63) is 30.0 Å². The first kappa shape index (κ1) is 10.0. The van der Waals surface area contributed by atoms with Gasteiger partial charge in [-0.15, -0.1) is 0 Å². The molecule has 2 rings (SSSR count). The van der Waals surface area contributed by atoms with Gasteiger partial charge in [-0.2, -0.15) is 0 Å². The van der Waals surface area contributed by atoms with Gasteiger partial charge < -0.3 is 20.9 Å². The smallest absolute Gasteiger partial charge is 0.129 e. The van der Waals surface area contributed by atoms with Crippen molar-refractivity contribution >= 4 is 10.9 Å². The third kappa shape index (κ3) is 1.58. The molecule has 15 heavy (non-hydrogen) atoms. The fourth-order valence-electron chi connectivity index (χ4n) is 1.66. The highest BCUT2D eigenvalue weighted by Gasteiger charge is 2.17. The number of fused-ring (bicyclic) bond motifs is 1. The number of aromatic nitrogens is 1. The summed E-state index contributed by atoms with van der Waals surface area (Å²) < 4.78 is 0. The first-order valence-electron chi connectivity index (χ1n) is 4.84. The maximum absolute atomic E-state index is 9.95. The molecule has 4 heteroatoms. The number of phenols is 1. The molecule has 0 spiro atoms. The lowest BCUT2D eigenvalue weighted by atomic mass is 10.0. The van der Waals surface area contributed by atoms with Gasteiger partial charge in [0.15, 0.2) is 0 Å². The van der Waals surface area contributed by atoms with Crippen molar-refractivity contribution in [1.29, 1.82) is 0 Å². The van der Waals surface area contributed by atoms with Crippen molar-refractivity contribution in [3.8, 4) is 5.75 Å². The van der Waals surface area contributed by atoms with Crippen molar-refractivity contribution in [2.45, 2.75) is 19.1 Å². The third-order valence-corrected chi connectivity index (χ3v) is 2.62. The highest BCUT2D eigenvalue weighted by atomic mass is 16.3. The number of aliphatic hydroxyl groups is 1. The summed E-state index contributed by atoms with van der Waals surface area (Å²) in [7, 11) is 0. The Bertz CT molecular complexity index is 476. The second kappa shape index (κ2) is 3.56. The molecule has 1 aromatic carbocycles. The summed E-state index contributed by atoms with van der Waals surface area (Å²) in [6.45, 7) is 1.60. The average Bonchev–Trinajstić information content (AvgIpc) is 2.66. The molecule has 0 saturated heterocycles. The first-order valence-corrected chi connectivity index (χ1v) is 4.84. The largest absolute Gasteiger partial charge is 0.507 e. The van der Waals surface area contributed by atoms with Crippen molar-refractivity contribution in [2.24, 2.45) is 5.73 Å². The van der Waals surface area contributed by atoms with Crippen molar-refractivity contribution in [3.63, 3.8) is 0 Å². The Kier molecular flexibility index (Phi) is 2.38. The minimum Gasteiger partial charge on any atom is -0.507 e. The van der Waals surface area contributed by atoms with Gasteiger partial charge in [-0.1, -0.05) is 6.07 Å². The normalized spacial score (nSPS) is 15.4. The van der Waals surface area contributed by atoms with E-state index in [1.165, 1.54) is 0 Å². The second-order valence-corrected chi connectivity index (χ2v) is 3.71. The fourth-order valence-corrected chi connectivity index (χ4v) is 1.66. The van der Waals surface area contributed by atoms with Crippen LogP contribution >= 0.6 is 0 Å². The molecule has 1 aromatic heterocycles. The van der Waals surface area contributed by atoms with Crippen LogP contribution in [0.2, 0.25) is 0 Å². The summed E-state index contributed by atoms with van der Waals surface area (Å²) in [6.07, 6.45) is 1.06. The zero-order valence-corrected chi connectivity index (χ0v) is 8.44. The van der Waals surface area contributed by atoms with E-state index in [0.29, 0.717) is 5.56 Å². The molecule has 0 bridgehead atoms. The third-order valence-electron chi connectivity index (χ3n) is 2.62. The van der Waals surface area contributed by atoms with Crippen LogP contribution in [-0.4, -0.2) is 21.3 Å². The van der Waals surface area contributed by atoms with Crippen LogP contribution in [0.25, 0.3) is 10.9 Å². The van der Waals surface area contributed by atoms with Crippen LogP contribution in [0.4, 0.5) is 0 Å². The Morgan fingerprint density at radius 1 is 1.33 bits per heavy atom. The van der Waals surface area contributed by atoms with E-state index >= 15 is 0 Å². The molecular weight excluding hydrogens is 192 g/mol. The van der Waals surface area contributed by atoms with E-state index in [1.54, 1.807) is 25.3 Å². The van der Waals surface area contributed by atoms with Gasteiger partial charge >= 0.3 is 0 Å². The summed E-state index contributed by atoms with van der Waals surface area (Å²) in [5, 5.41) is 20.0. The Morgan fingerprint density at radius 3 is 2.73 bits per heavy atom. The molecular formula is C11H14N2O2. The van der Waals surface area contributed by atoms with Gasteiger partial charge in [0, 0.05) is 22.7 Å². The number of aromatic hydroxyl groups is 1. The minimum absolute atomic E-state index is 0.141.